The zero-order chi connectivity index (χ0) is 10.9. The Labute approximate surface area is 98.4 Å². The first kappa shape index (κ1) is 12.5. The third kappa shape index (κ3) is 5.17. The van der Waals surface area contributed by atoms with E-state index in [2.05, 4.69) is 25.1 Å². The molecule has 0 aliphatic carbocycles. The van der Waals surface area contributed by atoms with Crippen molar-refractivity contribution < 1.29 is 5.11 Å². The third-order valence-electron chi connectivity index (χ3n) is 2.07. The van der Waals surface area contributed by atoms with Crippen molar-refractivity contribution in [3.63, 3.8) is 0 Å². The molecular weight excluding hydrogens is 251 g/mol. The van der Waals surface area contributed by atoms with E-state index in [4.69, 9.17) is 0 Å². The average Bonchev–Trinajstić information content (AvgIpc) is 2.29. The van der Waals surface area contributed by atoms with Gasteiger partial charge in [-0.05, 0) is 0 Å². The summed E-state index contributed by atoms with van der Waals surface area (Å²) in [6.07, 6.45) is 4.63. The van der Waals surface area contributed by atoms with Crippen LogP contribution in [0.2, 0.25) is 5.32 Å². The minimum atomic E-state index is 0.207. The maximum absolute atomic E-state index is 9.23. The zero-order valence-corrected chi connectivity index (χ0v) is 10.9. The van der Waals surface area contributed by atoms with Crippen LogP contribution in [0.15, 0.2) is 34.8 Å². The summed E-state index contributed by atoms with van der Waals surface area (Å²) in [6, 6.07) is 10.2. The van der Waals surface area contributed by atoms with Crippen LogP contribution in [-0.4, -0.2) is 26.7 Å². The van der Waals surface area contributed by atoms with E-state index in [1.807, 2.05) is 18.2 Å². The first-order valence-corrected chi connectivity index (χ1v) is 7.43. The molecule has 1 N–H and O–H groups in total. The number of hydrogen-bond donors (Lipinski definition) is 1. The second-order valence-corrected chi connectivity index (χ2v) is 5.94. The molecule has 0 radical (unpaired) electrons. The van der Waals surface area contributed by atoms with Gasteiger partial charge in [-0.3, -0.25) is 0 Å². The van der Waals surface area contributed by atoms with Gasteiger partial charge in [-0.25, -0.2) is 0 Å². The second-order valence-electron chi connectivity index (χ2n) is 3.38. The van der Waals surface area contributed by atoms with E-state index in [0.29, 0.717) is 15.0 Å². The molecule has 0 amide bonds. The summed E-state index contributed by atoms with van der Waals surface area (Å²) in [5, 5.41) is 10.5. The number of benzene rings is 1. The number of hydrogen-bond acceptors (Lipinski definition) is 1. The van der Waals surface area contributed by atoms with Gasteiger partial charge in [0.2, 0.25) is 0 Å². The van der Waals surface area contributed by atoms with Crippen molar-refractivity contribution in [3.05, 3.63) is 40.4 Å². The number of aliphatic hydroxyl groups excluding tert-OH is 1. The van der Waals surface area contributed by atoms with E-state index in [-0.39, 0.29) is 6.61 Å². The molecule has 0 unspecified atom stereocenters. The molecular formula is C13H18OSe. The Balaban J connectivity index is 2.54. The van der Waals surface area contributed by atoms with Crippen LogP contribution in [0.5, 0.6) is 0 Å². The standard InChI is InChI=1S/C13H18OSe/c1-2-3-9-15-13(11-14)10-12-7-5-4-6-8-12/h4-8,10,14H,2-3,9,11H2,1H3/b13-10-. The molecule has 1 aromatic rings. The molecule has 0 aliphatic rings. The van der Waals surface area contributed by atoms with Gasteiger partial charge in [-0.1, -0.05) is 0 Å². The monoisotopic (exact) mass is 270 g/mol. The predicted molar refractivity (Wildman–Crippen MR) is 67.0 cm³/mol. The SMILES string of the molecule is CCCC[Se]/C(=C\c1ccccc1)CO. The molecule has 0 atom stereocenters. The molecule has 0 saturated carbocycles. The molecule has 0 aromatic heterocycles. The fraction of sp³-hybridized carbons (Fsp3) is 0.385. The molecule has 15 heavy (non-hydrogen) atoms. The molecule has 2 heteroatoms. The van der Waals surface area contributed by atoms with Gasteiger partial charge >= 0.3 is 98.2 Å². The molecule has 1 rings (SSSR count). The van der Waals surface area contributed by atoms with Crippen molar-refractivity contribution >= 4 is 21.0 Å². The van der Waals surface area contributed by atoms with Crippen molar-refractivity contribution in [2.45, 2.75) is 25.1 Å². The van der Waals surface area contributed by atoms with Gasteiger partial charge < -0.3 is 0 Å². The molecule has 1 aromatic carbocycles. The van der Waals surface area contributed by atoms with Crippen molar-refractivity contribution in [1.29, 1.82) is 0 Å². The molecule has 1 nitrogen and oxygen atoms in total. The Hall–Kier alpha value is -0.561. The summed E-state index contributed by atoms with van der Waals surface area (Å²) in [6.45, 7) is 2.41. The van der Waals surface area contributed by atoms with Crippen molar-refractivity contribution in [1.82, 2.24) is 0 Å². The Morgan fingerprint density at radius 3 is 2.67 bits per heavy atom. The summed E-state index contributed by atoms with van der Waals surface area (Å²) in [5.74, 6) is 0. The van der Waals surface area contributed by atoms with Gasteiger partial charge in [-0.2, -0.15) is 0 Å². The topological polar surface area (TPSA) is 20.2 Å². The fourth-order valence-corrected chi connectivity index (χ4v) is 3.33. The molecule has 0 fully saturated rings. The van der Waals surface area contributed by atoms with Gasteiger partial charge in [0, 0.05) is 0 Å². The van der Waals surface area contributed by atoms with E-state index < -0.39 is 0 Å². The average molecular weight is 269 g/mol. The van der Waals surface area contributed by atoms with Crippen molar-refractivity contribution in [3.8, 4) is 0 Å². The van der Waals surface area contributed by atoms with Crippen LogP contribution < -0.4 is 0 Å². The van der Waals surface area contributed by atoms with Crippen LogP contribution in [0.1, 0.15) is 25.3 Å². The first-order chi connectivity index (χ1) is 7.36. The van der Waals surface area contributed by atoms with Crippen molar-refractivity contribution in [2.75, 3.05) is 6.61 Å². The predicted octanol–water partition coefficient (Wildman–Crippen LogP) is 2.94. The van der Waals surface area contributed by atoms with Crippen LogP contribution >= 0.6 is 0 Å². The van der Waals surface area contributed by atoms with Crippen LogP contribution in [0.4, 0.5) is 0 Å². The van der Waals surface area contributed by atoms with E-state index in [1.165, 1.54) is 28.2 Å². The third-order valence-corrected chi connectivity index (χ3v) is 4.40. The van der Waals surface area contributed by atoms with E-state index in [0.717, 1.165) is 0 Å². The number of aliphatic hydroxyl groups is 1. The number of unbranched alkanes of at least 4 members (excludes halogenated alkanes) is 1. The van der Waals surface area contributed by atoms with Gasteiger partial charge in [0.15, 0.2) is 0 Å². The van der Waals surface area contributed by atoms with E-state index >= 15 is 0 Å². The Kier molecular flexibility index (Phi) is 6.42. The van der Waals surface area contributed by atoms with E-state index in [9.17, 15) is 5.11 Å². The summed E-state index contributed by atoms with van der Waals surface area (Å²) in [5.41, 5.74) is 1.19. The Morgan fingerprint density at radius 1 is 1.33 bits per heavy atom. The minimum absolute atomic E-state index is 0.207. The molecule has 0 aliphatic heterocycles. The number of rotatable bonds is 6. The zero-order valence-electron chi connectivity index (χ0n) is 9.15. The van der Waals surface area contributed by atoms with Gasteiger partial charge in [0.1, 0.15) is 0 Å². The van der Waals surface area contributed by atoms with Crippen LogP contribution in [0.25, 0.3) is 6.08 Å². The summed E-state index contributed by atoms with van der Waals surface area (Å²) in [4.78, 5) is 0. The Morgan fingerprint density at radius 2 is 2.07 bits per heavy atom. The van der Waals surface area contributed by atoms with Crippen LogP contribution in [0.3, 0.4) is 0 Å². The van der Waals surface area contributed by atoms with Gasteiger partial charge in [-0.15, -0.1) is 0 Å². The van der Waals surface area contributed by atoms with E-state index in [1.54, 1.807) is 0 Å². The first-order valence-electron chi connectivity index (χ1n) is 5.36. The van der Waals surface area contributed by atoms with Gasteiger partial charge in [0.05, 0.1) is 0 Å². The molecule has 82 valence electrons. The Bertz CT molecular complexity index is 293. The quantitative estimate of drug-likeness (QED) is 0.622. The van der Waals surface area contributed by atoms with Crippen molar-refractivity contribution in [2.24, 2.45) is 0 Å². The normalized spacial score (nSPS) is 11.7. The molecule has 0 heterocycles. The van der Waals surface area contributed by atoms with Crippen LogP contribution in [-0.2, 0) is 0 Å². The molecule has 0 bridgehead atoms. The molecule has 0 spiro atoms. The fourth-order valence-electron chi connectivity index (χ4n) is 1.22. The summed E-state index contributed by atoms with van der Waals surface area (Å²) >= 11 is 0.459. The summed E-state index contributed by atoms with van der Waals surface area (Å²) in [7, 11) is 0. The second kappa shape index (κ2) is 7.70. The summed E-state index contributed by atoms with van der Waals surface area (Å²) < 4.78 is 1.20. The van der Waals surface area contributed by atoms with Crippen LogP contribution in [0, 0.1) is 0 Å². The van der Waals surface area contributed by atoms with Gasteiger partial charge in [0.25, 0.3) is 0 Å². The molecule has 0 saturated heterocycles. The maximum atomic E-state index is 9.23.